The van der Waals surface area contributed by atoms with Gasteiger partial charge in [0.05, 0.1) is 6.07 Å². The second-order valence-electron chi connectivity index (χ2n) is 5.00. The van der Waals surface area contributed by atoms with E-state index < -0.39 is 5.92 Å². The van der Waals surface area contributed by atoms with Crippen LogP contribution >= 0.6 is 11.6 Å². The van der Waals surface area contributed by atoms with Gasteiger partial charge in [-0.25, -0.2) is 0 Å². The lowest BCUT2D eigenvalue weighted by Gasteiger charge is -2.09. The maximum Gasteiger partial charge on any atom is 0.224 e. The molecule has 0 aromatic heterocycles. The largest absolute Gasteiger partial charge is 0.326 e. The van der Waals surface area contributed by atoms with Crippen molar-refractivity contribution in [3.05, 3.63) is 65.2 Å². The first-order valence-electron chi connectivity index (χ1n) is 7.13. The van der Waals surface area contributed by atoms with E-state index in [1.54, 1.807) is 48.5 Å². The van der Waals surface area contributed by atoms with Crippen LogP contribution in [0.5, 0.6) is 0 Å². The first kappa shape index (κ1) is 16.7. The highest BCUT2D eigenvalue weighted by atomic mass is 35.5. The van der Waals surface area contributed by atoms with E-state index in [4.69, 9.17) is 11.6 Å². The van der Waals surface area contributed by atoms with Crippen LogP contribution in [-0.2, 0) is 9.59 Å². The van der Waals surface area contributed by atoms with Gasteiger partial charge < -0.3 is 5.32 Å². The summed E-state index contributed by atoms with van der Waals surface area (Å²) in [6.45, 7) is 0. The summed E-state index contributed by atoms with van der Waals surface area (Å²) in [4.78, 5) is 24.0. The molecule has 0 radical (unpaired) electrons. The van der Waals surface area contributed by atoms with E-state index in [1.165, 1.54) is 0 Å². The molecule has 0 bridgehead atoms. The van der Waals surface area contributed by atoms with Gasteiger partial charge in [-0.1, -0.05) is 48.0 Å². The molecule has 0 unspecified atom stereocenters. The quantitative estimate of drug-likeness (QED) is 0.874. The number of rotatable bonds is 6. The van der Waals surface area contributed by atoms with Crippen molar-refractivity contribution in [3.63, 3.8) is 0 Å². The molecule has 4 nitrogen and oxygen atoms in total. The number of carbonyl (C=O) groups excluding carboxylic acids is 2. The van der Waals surface area contributed by atoms with Gasteiger partial charge in [0.2, 0.25) is 5.91 Å². The van der Waals surface area contributed by atoms with Crippen molar-refractivity contribution in [1.82, 2.24) is 0 Å². The molecule has 0 heterocycles. The number of hydrogen-bond donors (Lipinski definition) is 1. The fraction of sp³-hybridized carbons (Fsp3) is 0.167. The summed E-state index contributed by atoms with van der Waals surface area (Å²) in [5.74, 6) is -1.39. The maximum atomic E-state index is 12.2. The van der Waals surface area contributed by atoms with Crippen LogP contribution in [0.25, 0.3) is 0 Å². The van der Waals surface area contributed by atoms with E-state index in [0.29, 0.717) is 16.3 Å². The molecule has 0 spiro atoms. The zero-order chi connectivity index (χ0) is 16.7. The SMILES string of the molecule is N#C[C@@H](C(=O)CCC(=O)Nc1cccc(Cl)c1)c1ccccc1. The van der Waals surface area contributed by atoms with Gasteiger partial charge in [0.15, 0.2) is 5.78 Å². The van der Waals surface area contributed by atoms with Gasteiger partial charge in [-0.05, 0) is 23.8 Å². The lowest BCUT2D eigenvalue weighted by molar-refractivity contribution is -0.123. The highest BCUT2D eigenvalue weighted by Gasteiger charge is 2.20. The van der Waals surface area contributed by atoms with Gasteiger partial charge in [-0.2, -0.15) is 5.26 Å². The highest BCUT2D eigenvalue weighted by Crippen LogP contribution is 2.19. The number of nitriles is 1. The van der Waals surface area contributed by atoms with Crippen molar-refractivity contribution >= 4 is 29.0 Å². The molecule has 1 atom stereocenters. The Bertz CT molecular complexity index is 738. The summed E-state index contributed by atoms with van der Waals surface area (Å²) in [6.07, 6.45) is 0.0376. The maximum absolute atomic E-state index is 12.2. The fourth-order valence-corrected chi connectivity index (χ4v) is 2.34. The summed E-state index contributed by atoms with van der Waals surface area (Å²) >= 11 is 5.84. The van der Waals surface area contributed by atoms with E-state index in [-0.39, 0.29) is 24.5 Å². The molecule has 116 valence electrons. The first-order chi connectivity index (χ1) is 11.1. The average Bonchev–Trinajstić information content (AvgIpc) is 2.55. The Morgan fingerprint density at radius 1 is 1.09 bits per heavy atom. The Balaban J connectivity index is 1.91. The Morgan fingerprint density at radius 3 is 2.48 bits per heavy atom. The van der Waals surface area contributed by atoms with Gasteiger partial charge in [0.1, 0.15) is 5.92 Å². The van der Waals surface area contributed by atoms with Crippen LogP contribution in [0.15, 0.2) is 54.6 Å². The summed E-state index contributed by atoms with van der Waals surface area (Å²) in [6, 6.07) is 17.6. The molecule has 0 aliphatic carbocycles. The normalized spacial score (nSPS) is 11.3. The van der Waals surface area contributed by atoms with E-state index in [0.717, 1.165) is 0 Å². The molecule has 0 saturated carbocycles. The molecule has 5 heteroatoms. The van der Waals surface area contributed by atoms with Crippen LogP contribution in [-0.4, -0.2) is 11.7 Å². The molecule has 23 heavy (non-hydrogen) atoms. The Morgan fingerprint density at radius 2 is 1.83 bits per heavy atom. The molecule has 0 aliphatic heterocycles. The van der Waals surface area contributed by atoms with Crippen molar-refractivity contribution in [2.75, 3.05) is 5.32 Å². The third-order valence-electron chi connectivity index (χ3n) is 3.29. The molecule has 2 rings (SSSR count). The average molecular weight is 327 g/mol. The predicted molar refractivity (Wildman–Crippen MR) is 89.1 cm³/mol. The van der Waals surface area contributed by atoms with Crippen LogP contribution in [0.3, 0.4) is 0 Å². The fourth-order valence-electron chi connectivity index (χ4n) is 2.15. The van der Waals surface area contributed by atoms with Crippen LogP contribution in [0.4, 0.5) is 5.69 Å². The summed E-state index contributed by atoms with van der Waals surface area (Å²) < 4.78 is 0. The number of carbonyl (C=O) groups is 2. The number of nitrogens with one attached hydrogen (secondary N) is 1. The number of benzene rings is 2. The van der Waals surface area contributed by atoms with Crippen LogP contribution in [0, 0.1) is 11.3 Å². The molecule has 0 saturated heterocycles. The zero-order valence-corrected chi connectivity index (χ0v) is 13.1. The van der Waals surface area contributed by atoms with Crippen molar-refractivity contribution in [2.45, 2.75) is 18.8 Å². The standard InChI is InChI=1S/C18H15ClN2O2/c19-14-7-4-8-15(11-14)21-18(23)10-9-17(22)16(12-20)13-5-2-1-3-6-13/h1-8,11,16H,9-10H2,(H,21,23)/t16-/m1/s1. The Hall–Kier alpha value is -2.64. The second kappa shape index (κ2) is 8.11. The number of ketones is 1. The van der Waals surface area contributed by atoms with E-state index in [2.05, 4.69) is 5.32 Å². The van der Waals surface area contributed by atoms with E-state index >= 15 is 0 Å². The number of nitrogens with zero attached hydrogens (tertiary/aromatic N) is 1. The minimum absolute atomic E-state index is 0.0134. The summed E-state index contributed by atoms with van der Waals surface area (Å²) in [5, 5.41) is 12.4. The number of hydrogen-bond acceptors (Lipinski definition) is 3. The van der Waals surface area contributed by atoms with Crippen LogP contribution in [0.2, 0.25) is 5.02 Å². The summed E-state index contributed by atoms with van der Waals surface area (Å²) in [7, 11) is 0. The smallest absolute Gasteiger partial charge is 0.224 e. The monoisotopic (exact) mass is 326 g/mol. The third kappa shape index (κ3) is 4.94. The molecular weight excluding hydrogens is 312 g/mol. The lowest BCUT2D eigenvalue weighted by Crippen LogP contribution is -2.16. The van der Waals surface area contributed by atoms with Crippen molar-refractivity contribution in [3.8, 4) is 6.07 Å². The predicted octanol–water partition coefficient (Wildman–Crippen LogP) is 3.94. The number of anilines is 1. The minimum Gasteiger partial charge on any atom is -0.326 e. The topological polar surface area (TPSA) is 70.0 Å². The van der Waals surface area contributed by atoms with E-state index in [9.17, 15) is 14.9 Å². The number of Topliss-reactive ketones (excluding diaryl/α,β-unsaturated/α-hetero) is 1. The number of amides is 1. The molecule has 2 aromatic carbocycles. The van der Waals surface area contributed by atoms with E-state index in [1.807, 2.05) is 12.1 Å². The number of halogens is 1. The van der Waals surface area contributed by atoms with Gasteiger partial charge in [0, 0.05) is 23.6 Å². The van der Waals surface area contributed by atoms with Crippen molar-refractivity contribution < 1.29 is 9.59 Å². The van der Waals surface area contributed by atoms with Gasteiger partial charge in [-0.3, -0.25) is 9.59 Å². The minimum atomic E-state index is -0.838. The molecule has 1 amide bonds. The zero-order valence-electron chi connectivity index (χ0n) is 12.3. The van der Waals surface area contributed by atoms with Gasteiger partial charge >= 0.3 is 0 Å². The second-order valence-corrected chi connectivity index (χ2v) is 5.43. The first-order valence-corrected chi connectivity index (χ1v) is 7.50. The van der Waals surface area contributed by atoms with Crippen LogP contribution in [0.1, 0.15) is 24.3 Å². The Kier molecular flexibility index (Phi) is 5.90. The molecule has 0 fully saturated rings. The van der Waals surface area contributed by atoms with Gasteiger partial charge in [-0.15, -0.1) is 0 Å². The molecular formula is C18H15ClN2O2. The highest BCUT2D eigenvalue weighted by molar-refractivity contribution is 6.30. The van der Waals surface area contributed by atoms with Crippen molar-refractivity contribution in [2.24, 2.45) is 0 Å². The summed E-state index contributed by atoms with van der Waals surface area (Å²) in [5.41, 5.74) is 1.23. The molecule has 2 aromatic rings. The lowest BCUT2D eigenvalue weighted by atomic mass is 9.93. The van der Waals surface area contributed by atoms with Crippen molar-refractivity contribution in [1.29, 1.82) is 5.26 Å². The molecule has 1 N–H and O–H groups in total. The third-order valence-corrected chi connectivity index (χ3v) is 3.53. The Labute approximate surface area is 139 Å². The molecule has 0 aliphatic rings. The van der Waals surface area contributed by atoms with Crippen LogP contribution < -0.4 is 5.32 Å². The van der Waals surface area contributed by atoms with Gasteiger partial charge in [0.25, 0.3) is 0 Å².